The van der Waals surface area contributed by atoms with Gasteiger partial charge in [0.05, 0.1) is 18.4 Å². The zero-order chi connectivity index (χ0) is 23.2. The number of H-pyrrole nitrogens is 1. The van der Waals surface area contributed by atoms with Crippen LogP contribution < -0.4 is 15.5 Å². The summed E-state index contributed by atoms with van der Waals surface area (Å²) in [6.07, 6.45) is 4.09. The highest BCUT2D eigenvalue weighted by Gasteiger charge is 2.39. The van der Waals surface area contributed by atoms with Gasteiger partial charge in [-0.3, -0.25) is 14.3 Å². The molecule has 5 heterocycles. The molecule has 1 aliphatic heterocycles. The van der Waals surface area contributed by atoms with Gasteiger partial charge in [0.2, 0.25) is 23.8 Å². The van der Waals surface area contributed by atoms with E-state index in [1.54, 1.807) is 15.4 Å². The molecule has 2 aliphatic rings. The molecule has 6 rings (SSSR count). The molecule has 2 atom stereocenters. The lowest BCUT2D eigenvalue weighted by molar-refractivity contribution is -0.117. The Morgan fingerprint density at radius 2 is 2.09 bits per heavy atom. The molecule has 12 heteroatoms. The second kappa shape index (κ2) is 8.04. The first-order valence-corrected chi connectivity index (χ1v) is 11.0. The SMILES string of the molecule is O=C(Nc1ccc(F)nc1)C1CC(F)CN1c1nc(Nc2cc(C3CC3)[nH]n2)n2cccc2n1. The summed E-state index contributed by atoms with van der Waals surface area (Å²) in [5, 5.41) is 13.2. The number of rotatable bonds is 6. The predicted molar refractivity (Wildman–Crippen MR) is 120 cm³/mol. The molecule has 34 heavy (non-hydrogen) atoms. The fourth-order valence-corrected chi connectivity index (χ4v) is 4.18. The smallest absolute Gasteiger partial charge is 0.247 e. The van der Waals surface area contributed by atoms with E-state index in [0.717, 1.165) is 24.6 Å². The van der Waals surface area contributed by atoms with Crippen LogP contribution in [0.15, 0.2) is 42.7 Å². The summed E-state index contributed by atoms with van der Waals surface area (Å²) in [6, 6.07) is 7.29. The Morgan fingerprint density at radius 1 is 1.21 bits per heavy atom. The summed E-state index contributed by atoms with van der Waals surface area (Å²) in [4.78, 5) is 27.2. The van der Waals surface area contributed by atoms with Crippen LogP contribution in [0.5, 0.6) is 0 Å². The Hall–Kier alpha value is -4.09. The summed E-state index contributed by atoms with van der Waals surface area (Å²) in [6.45, 7) is -0.0235. The molecule has 1 saturated carbocycles. The predicted octanol–water partition coefficient (Wildman–Crippen LogP) is 3.16. The van der Waals surface area contributed by atoms with Crippen LogP contribution in [-0.4, -0.2) is 54.2 Å². The standard InChI is InChI=1S/C22H21F2N9O/c23-13-8-16(20(34)26-14-5-6-17(24)25-10-14)33(11-13)22-28-19-2-1-7-32(19)21(29-22)27-18-9-15(30-31-18)12-3-4-12/h1-2,5-7,9-10,12-13,16H,3-4,8,11H2,(H,26,34)(H2,27,28,29,30,31). The van der Waals surface area contributed by atoms with Gasteiger partial charge in [0, 0.05) is 30.3 Å². The van der Waals surface area contributed by atoms with Crippen LogP contribution in [0, 0.1) is 5.95 Å². The van der Waals surface area contributed by atoms with Gasteiger partial charge in [-0.05, 0) is 37.1 Å². The van der Waals surface area contributed by atoms with Gasteiger partial charge in [-0.2, -0.15) is 19.5 Å². The number of nitrogens with zero attached hydrogens (tertiary/aromatic N) is 6. The van der Waals surface area contributed by atoms with Crippen LogP contribution >= 0.6 is 0 Å². The van der Waals surface area contributed by atoms with Gasteiger partial charge in [0.15, 0.2) is 5.82 Å². The average Bonchev–Trinajstić information content (AvgIpc) is 3.20. The van der Waals surface area contributed by atoms with Crippen LogP contribution in [0.1, 0.15) is 30.9 Å². The first-order valence-electron chi connectivity index (χ1n) is 11.0. The molecule has 10 nitrogen and oxygen atoms in total. The Kier molecular flexibility index (Phi) is 4.85. The van der Waals surface area contributed by atoms with Crippen molar-refractivity contribution in [3.63, 3.8) is 0 Å². The number of pyridine rings is 1. The highest BCUT2D eigenvalue weighted by atomic mass is 19.1. The van der Waals surface area contributed by atoms with Gasteiger partial charge in [0.25, 0.3) is 0 Å². The number of nitrogens with one attached hydrogen (secondary N) is 3. The van der Waals surface area contributed by atoms with Crippen molar-refractivity contribution < 1.29 is 13.6 Å². The van der Waals surface area contributed by atoms with E-state index in [1.165, 1.54) is 12.3 Å². The normalized spacial score (nSPS) is 20.1. The molecule has 1 amide bonds. The minimum Gasteiger partial charge on any atom is -0.326 e. The summed E-state index contributed by atoms with van der Waals surface area (Å²) in [5.74, 6) is 0.719. The number of anilines is 4. The van der Waals surface area contributed by atoms with Crippen molar-refractivity contribution in [3.8, 4) is 0 Å². The second-order valence-corrected chi connectivity index (χ2v) is 8.55. The second-order valence-electron chi connectivity index (χ2n) is 8.55. The van der Waals surface area contributed by atoms with E-state index in [2.05, 4.69) is 35.8 Å². The lowest BCUT2D eigenvalue weighted by Gasteiger charge is -2.24. The van der Waals surface area contributed by atoms with Crippen LogP contribution in [0.25, 0.3) is 5.65 Å². The van der Waals surface area contributed by atoms with Gasteiger partial charge in [-0.25, -0.2) is 9.37 Å². The Bertz CT molecular complexity index is 1350. The molecule has 2 unspecified atom stereocenters. The third-order valence-electron chi connectivity index (χ3n) is 6.04. The number of alkyl halides is 1. The maximum absolute atomic E-state index is 14.5. The average molecular weight is 465 g/mol. The van der Waals surface area contributed by atoms with Crippen LogP contribution in [0.2, 0.25) is 0 Å². The van der Waals surface area contributed by atoms with Crippen LogP contribution in [0.3, 0.4) is 0 Å². The van der Waals surface area contributed by atoms with Crippen molar-refractivity contribution in [2.45, 2.75) is 37.4 Å². The number of aromatic amines is 1. The third-order valence-corrected chi connectivity index (χ3v) is 6.04. The van der Waals surface area contributed by atoms with E-state index in [1.807, 2.05) is 18.3 Å². The number of aromatic nitrogens is 6. The van der Waals surface area contributed by atoms with Crippen molar-refractivity contribution in [3.05, 3.63) is 54.4 Å². The quantitative estimate of drug-likeness (QED) is 0.375. The summed E-state index contributed by atoms with van der Waals surface area (Å²) < 4.78 is 29.3. The van der Waals surface area contributed by atoms with Gasteiger partial charge < -0.3 is 15.5 Å². The zero-order valence-corrected chi connectivity index (χ0v) is 17.9. The third kappa shape index (κ3) is 3.91. The molecular formula is C22H21F2N9O. The molecule has 4 aromatic heterocycles. The number of amides is 1. The van der Waals surface area contributed by atoms with E-state index in [4.69, 9.17) is 0 Å². The highest BCUT2D eigenvalue weighted by Crippen LogP contribution is 2.39. The molecule has 4 aromatic rings. The molecule has 0 aromatic carbocycles. The number of carbonyl (C=O) groups is 1. The number of hydrogen-bond donors (Lipinski definition) is 3. The Morgan fingerprint density at radius 3 is 2.88 bits per heavy atom. The number of fused-ring (bicyclic) bond motifs is 1. The van der Waals surface area contributed by atoms with Gasteiger partial charge in [0.1, 0.15) is 17.9 Å². The van der Waals surface area contributed by atoms with Crippen LogP contribution in [0.4, 0.5) is 32.2 Å². The van der Waals surface area contributed by atoms with Crippen molar-refractivity contribution >= 4 is 35.0 Å². The monoisotopic (exact) mass is 465 g/mol. The van der Waals surface area contributed by atoms with E-state index < -0.39 is 24.1 Å². The minimum atomic E-state index is -1.22. The zero-order valence-electron chi connectivity index (χ0n) is 17.9. The molecule has 0 radical (unpaired) electrons. The first-order chi connectivity index (χ1) is 16.5. The fourth-order valence-electron chi connectivity index (χ4n) is 4.18. The molecule has 174 valence electrons. The van der Waals surface area contributed by atoms with Crippen molar-refractivity contribution in [2.24, 2.45) is 0 Å². The maximum Gasteiger partial charge on any atom is 0.247 e. The van der Waals surface area contributed by atoms with Gasteiger partial charge >= 0.3 is 0 Å². The highest BCUT2D eigenvalue weighted by molar-refractivity contribution is 5.97. The van der Waals surface area contributed by atoms with Gasteiger partial charge in [-0.15, -0.1) is 0 Å². The maximum atomic E-state index is 14.5. The summed E-state index contributed by atoms with van der Waals surface area (Å²) in [5.41, 5.74) is 1.99. The molecule has 1 aliphatic carbocycles. The lowest BCUT2D eigenvalue weighted by atomic mass is 10.2. The molecule has 3 N–H and O–H groups in total. The first kappa shape index (κ1) is 20.5. The van der Waals surface area contributed by atoms with Gasteiger partial charge in [-0.1, -0.05) is 0 Å². The number of hydrogen-bond acceptors (Lipinski definition) is 7. The Balaban J connectivity index is 1.29. The molecule has 0 bridgehead atoms. The molecular weight excluding hydrogens is 444 g/mol. The molecule has 1 saturated heterocycles. The van der Waals surface area contributed by atoms with Crippen molar-refractivity contribution in [1.29, 1.82) is 0 Å². The fraction of sp³-hybridized carbons (Fsp3) is 0.318. The number of halogens is 2. The van der Waals surface area contributed by atoms with E-state index in [-0.39, 0.29) is 18.9 Å². The summed E-state index contributed by atoms with van der Waals surface area (Å²) >= 11 is 0. The van der Waals surface area contributed by atoms with E-state index >= 15 is 0 Å². The molecule has 0 spiro atoms. The van der Waals surface area contributed by atoms with E-state index in [9.17, 15) is 13.6 Å². The Labute approximate surface area is 192 Å². The largest absolute Gasteiger partial charge is 0.326 e. The van der Waals surface area contributed by atoms with E-state index in [0.29, 0.717) is 29.0 Å². The van der Waals surface area contributed by atoms with Crippen molar-refractivity contribution in [2.75, 3.05) is 22.1 Å². The van der Waals surface area contributed by atoms with Crippen LogP contribution in [-0.2, 0) is 4.79 Å². The lowest BCUT2D eigenvalue weighted by Crippen LogP contribution is -2.40. The molecule has 2 fully saturated rings. The number of carbonyl (C=O) groups excluding carboxylic acids is 1. The van der Waals surface area contributed by atoms with Crippen molar-refractivity contribution in [1.82, 2.24) is 29.5 Å². The topological polar surface area (TPSA) is 116 Å². The summed E-state index contributed by atoms with van der Waals surface area (Å²) in [7, 11) is 0. The minimum absolute atomic E-state index is 0.0110.